The van der Waals surface area contributed by atoms with Crippen LogP contribution in [0.15, 0.2) is 12.1 Å². The van der Waals surface area contributed by atoms with Gasteiger partial charge in [0.2, 0.25) is 0 Å². The molecule has 0 bridgehead atoms. The van der Waals surface area contributed by atoms with E-state index in [1.165, 1.54) is 5.56 Å². The van der Waals surface area contributed by atoms with Gasteiger partial charge < -0.3 is 10.2 Å². The summed E-state index contributed by atoms with van der Waals surface area (Å²) in [5.74, 6) is 1.04. The van der Waals surface area contributed by atoms with E-state index in [1.807, 2.05) is 13.8 Å². The Labute approximate surface area is 142 Å². The van der Waals surface area contributed by atoms with E-state index < -0.39 is 11.7 Å². The van der Waals surface area contributed by atoms with Gasteiger partial charge in [0.25, 0.3) is 0 Å². The Morgan fingerprint density at radius 2 is 1.26 bits per heavy atom. The van der Waals surface area contributed by atoms with E-state index >= 15 is 0 Å². The van der Waals surface area contributed by atoms with E-state index in [0.717, 1.165) is 29.5 Å². The molecule has 1 aromatic rings. The molecule has 2 N–H and O–H groups in total. The lowest BCUT2D eigenvalue weighted by molar-refractivity contribution is -0.0937. The van der Waals surface area contributed by atoms with Crippen LogP contribution in [0.25, 0.3) is 0 Å². The third-order valence-electron chi connectivity index (χ3n) is 4.83. The molecule has 0 aliphatic heterocycles. The molecule has 0 aromatic heterocycles. The molecule has 0 saturated heterocycles. The minimum absolute atomic E-state index is 0.521. The predicted octanol–water partition coefficient (Wildman–Crippen LogP) is 5.25. The molecule has 0 heterocycles. The Morgan fingerprint density at radius 1 is 0.870 bits per heavy atom. The molecule has 0 amide bonds. The molecule has 1 rings (SSSR count). The van der Waals surface area contributed by atoms with Crippen LogP contribution in [0.4, 0.5) is 0 Å². The van der Waals surface area contributed by atoms with Crippen molar-refractivity contribution in [3.63, 3.8) is 0 Å². The fourth-order valence-corrected chi connectivity index (χ4v) is 3.37. The smallest absolute Gasteiger partial charge is 0.108 e. The van der Waals surface area contributed by atoms with Crippen molar-refractivity contribution >= 4 is 0 Å². The fourth-order valence-electron chi connectivity index (χ4n) is 3.37. The van der Waals surface area contributed by atoms with Crippen molar-refractivity contribution in [2.24, 2.45) is 11.8 Å². The molecule has 1 atom stereocenters. The number of benzene rings is 1. The van der Waals surface area contributed by atoms with Gasteiger partial charge in [-0.2, -0.15) is 0 Å². The summed E-state index contributed by atoms with van der Waals surface area (Å²) in [7, 11) is 0. The van der Waals surface area contributed by atoms with E-state index in [1.54, 1.807) is 0 Å². The average molecular weight is 321 g/mol. The summed E-state index contributed by atoms with van der Waals surface area (Å²) < 4.78 is 0. The van der Waals surface area contributed by atoms with Gasteiger partial charge in [-0.25, -0.2) is 0 Å². The number of aliphatic hydroxyl groups excluding tert-OH is 1. The molecule has 0 saturated carbocycles. The van der Waals surface area contributed by atoms with Gasteiger partial charge >= 0.3 is 0 Å². The number of hydrogen-bond acceptors (Lipinski definition) is 2. The van der Waals surface area contributed by atoms with Crippen molar-refractivity contribution in [3.05, 3.63) is 34.4 Å². The monoisotopic (exact) mass is 320 g/mol. The van der Waals surface area contributed by atoms with Crippen LogP contribution in [0, 0.1) is 32.6 Å². The minimum Gasteiger partial charge on any atom is -0.387 e. The molecule has 2 nitrogen and oxygen atoms in total. The van der Waals surface area contributed by atoms with Crippen LogP contribution in [-0.2, 0) is 0 Å². The maximum atomic E-state index is 11.3. The van der Waals surface area contributed by atoms with Gasteiger partial charge in [0.1, 0.15) is 6.10 Å². The molecule has 1 aromatic carbocycles. The molecule has 0 radical (unpaired) electrons. The van der Waals surface area contributed by atoms with Gasteiger partial charge in [0, 0.05) is 0 Å². The van der Waals surface area contributed by atoms with Gasteiger partial charge in [-0.05, 0) is 75.0 Å². The van der Waals surface area contributed by atoms with Crippen LogP contribution in [0.2, 0.25) is 0 Å². The number of aryl methyl sites for hydroxylation is 3. The van der Waals surface area contributed by atoms with Crippen LogP contribution in [-0.4, -0.2) is 15.8 Å². The Morgan fingerprint density at radius 3 is 1.61 bits per heavy atom. The molecule has 0 aliphatic carbocycles. The zero-order chi connectivity index (χ0) is 17.8. The lowest BCUT2D eigenvalue weighted by atomic mass is 9.78. The summed E-state index contributed by atoms with van der Waals surface area (Å²) in [6.45, 7) is 14.8. The van der Waals surface area contributed by atoms with Crippen molar-refractivity contribution in [1.82, 2.24) is 0 Å². The van der Waals surface area contributed by atoms with E-state index in [0.29, 0.717) is 24.7 Å². The lowest BCUT2D eigenvalue weighted by Crippen LogP contribution is -2.38. The Kier molecular flexibility index (Phi) is 7.29. The van der Waals surface area contributed by atoms with Crippen molar-refractivity contribution in [2.45, 2.75) is 85.9 Å². The first-order valence-corrected chi connectivity index (χ1v) is 9.05. The van der Waals surface area contributed by atoms with Gasteiger partial charge in [0.15, 0.2) is 0 Å². The highest BCUT2D eigenvalue weighted by Crippen LogP contribution is 2.38. The number of aliphatic hydroxyl groups is 2. The molecule has 0 aliphatic rings. The first kappa shape index (κ1) is 20.2. The molecular formula is C21H36O2. The van der Waals surface area contributed by atoms with Gasteiger partial charge in [-0.3, -0.25) is 0 Å². The highest BCUT2D eigenvalue weighted by atomic mass is 16.3. The normalized spacial score (nSPS) is 13.9. The summed E-state index contributed by atoms with van der Waals surface area (Å²) in [5.41, 5.74) is 3.21. The molecule has 23 heavy (non-hydrogen) atoms. The summed E-state index contributed by atoms with van der Waals surface area (Å²) in [4.78, 5) is 0. The second-order valence-electron chi connectivity index (χ2n) is 8.18. The SMILES string of the molecule is Cc1cc(C)c(C(O)C(O)(CCC(C)C)CCC(C)C)c(C)c1. The zero-order valence-corrected chi connectivity index (χ0v) is 16.1. The van der Waals surface area contributed by atoms with Crippen LogP contribution in [0.1, 0.15) is 81.7 Å². The third kappa shape index (κ3) is 5.61. The second-order valence-corrected chi connectivity index (χ2v) is 8.18. The van der Waals surface area contributed by atoms with E-state index in [4.69, 9.17) is 0 Å². The van der Waals surface area contributed by atoms with Gasteiger partial charge in [-0.1, -0.05) is 45.4 Å². The van der Waals surface area contributed by atoms with Gasteiger partial charge in [-0.15, -0.1) is 0 Å². The van der Waals surface area contributed by atoms with Crippen molar-refractivity contribution in [1.29, 1.82) is 0 Å². The second kappa shape index (κ2) is 8.30. The molecule has 1 unspecified atom stereocenters. The van der Waals surface area contributed by atoms with Crippen molar-refractivity contribution < 1.29 is 10.2 Å². The Bertz CT molecular complexity index is 468. The highest BCUT2D eigenvalue weighted by molar-refractivity contribution is 5.40. The maximum absolute atomic E-state index is 11.3. The predicted molar refractivity (Wildman–Crippen MR) is 98.7 cm³/mol. The van der Waals surface area contributed by atoms with Gasteiger partial charge in [0.05, 0.1) is 5.60 Å². The summed E-state index contributed by atoms with van der Waals surface area (Å²) >= 11 is 0. The van der Waals surface area contributed by atoms with Crippen molar-refractivity contribution in [2.75, 3.05) is 0 Å². The molecule has 0 spiro atoms. The summed E-state index contributed by atoms with van der Waals surface area (Å²) in [6.07, 6.45) is 2.32. The number of rotatable bonds is 8. The zero-order valence-electron chi connectivity index (χ0n) is 16.1. The summed E-state index contributed by atoms with van der Waals surface area (Å²) in [5, 5.41) is 22.4. The standard InChI is InChI=1S/C21H36O2/c1-14(2)8-10-21(23,11-9-15(3)4)20(22)19-17(6)12-16(5)13-18(19)7/h12-15,20,22-23H,8-11H2,1-7H3. The highest BCUT2D eigenvalue weighted by Gasteiger charge is 2.37. The molecule has 132 valence electrons. The van der Waals surface area contributed by atoms with Crippen molar-refractivity contribution in [3.8, 4) is 0 Å². The van der Waals surface area contributed by atoms with Crippen LogP contribution >= 0.6 is 0 Å². The minimum atomic E-state index is -1.04. The van der Waals surface area contributed by atoms with E-state index in [-0.39, 0.29) is 0 Å². The quantitative estimate of drug-likeness (QED) is 0.687. The first-order valence-electron chi connectivity index (χ1n) is 9.05. The Hall–Kier alpha value is -0.860. The maximum Gasteiger partial charge on any atom is 0.108 e. The first-order chi connectivity index (χ1) is 10.6. The molecule has 0 fully saturated rings. The fraction of sp³-hybridized carbons (Fsp3) is 0.714. The van der Waals surface area contributed by atoms with Crippen LogP contribution < -0.4 is 0 Å². The average Bonchev–Trinajstić information content (AvgIpc) is 2.41. The van der Waals surface area contributed by atoms with Crippen LogP contribution in [0.5, 0.6) is 0 Å². The molecule has 2 heteroatoms. The molecular weight excluding hydrogens is 284 g/mol. The van der Waals surface area contributed by atoms with Crippen LogP contribution in [0.3, 0.4) is 0 Å². The lowest BCUT2D eigenvalue weighted by Gasteiger charge is -2.36. The Balaban J connectivity index is 3.14. The van der Waals surface area contributed by atoms with E-state index in [2.05, 4.69) is 46.8 Å². The third-order valence-corrected chi connectivity index (χ3v) is 4.83. The largest absolute Gasteiger partial charge is 0.387 e. The summed E-state index contributed by atoms with van der Waals surface area (Å²) in [6, 6.07) is 4.19. The topological polar surface area (TPSA) is 40.5 Å². The number of hydrogen-bond donors (Lipinski definition) is 2. The van der Waals surface area contributed by atoms with E-state index in [9.17, 15) is 10.2 Å².